The van der Waals surface area contributed by atoms with Crippen molar-refractivity contribution in [2.45, 2.75) is 26.3 Å². The molecule has 1 aromatic rings. The molecule has 0 bridgehead atoms. The first-order valence-electron chi connectivity index (χ1n) is 4.99. The fourth-order valence-corrected chi connectivity index (χ4v) is 2.08. The third-order valence-electron chi connectivity index (χ3n) is 3.01. The van der Waals surface area contributed by atoms with Crippen molar-refractivity contribution in [1.82, 2.24) is 14.9 Å². The van der Waals surface area contributed by atoms with Gasteiger partial charge in [0.1, 0.15) is 5.82 Å². The van der Waals surface area contributed by atoms with Gasteiger partial charge in [-0.15, -0.1) is 0 Å². The molecule has 1 saturated heterocycles. The lowest BCUT2D eigenvalue weighted by atomic mass is 9.94. The number of aromatic nitrogens is 2. The van der Waals surface area contributed by atoms with Crippen LogP contribution in [-0.2, 0) is 0 Å². The molecule has 0 saturated carbocycles. The van der Waals surface area contributed by atoms with Gasteiger partial charge in [-0.1, -0.05) is 6.92 Å². The Morgan fingerprint density at radius 2 is 2.46 bits per heavy atom. The molecular weight excluding hydrogens is 162 g/mol. The smallest absolute Gasteiger partial charge is 0.105 e. The molecule has 1 aliphatic heterocycles. The summed E-state index contributed by atoms with van der Waals surface area (Å²) in [7, 11) is 0. The Balaban J connectivity index is 2.19. The average Bonchev–Trinajstić information content (AvgIpc) is 2.52. The fraction of sp³-hybridized carbons (Fsp3) is 0.700. The molecule has 1 aliphatic rings. The lowest BCUT2D eigenvalue weighted by molar-refractivity contribution is 0.271. The number of aryl methyl sites for hydroxylation is 1. The largest absolute Gasteiger partial charge is 0.331 e. The van der Waals surface area contributed by atoms with Gasteiger partial charge in [0.2, 0.25) is 0 Å². The minimum atomic E-state index is 0.594. The van der Waals surface area contributed by atoms with E-state index in [0.717, 1.165) is 24.8 Å². The average molecular weight is 179 g/mol. The van der Waals surface area contributed by atoms with Gasteiger partial charge in [-0.05, 0) is 25.8 Å². The summed E-state index contributed by atoms with van der Waals surface area (Å²) in [5.41, 5.74) is 0. The van der Waals surface area contributed by atoms with Crippen molar-refractivity contribution in [3.8, 4) is 0 Å². The third-order valence-corrected chi connectivity index (χ3v) is 3.01. The van der Waals surface area contributed by atoms with Crippen LogP contribution >= 0.6 is 0 Å². The quantitative estimate of drug-likeness (QED) is 0.705. The van der Waals surface area contributed by atoms with E-state index in [9.17, 15) is 0 Å². The van der Waals surface area contributed by atoms with Gasteiger partial charge < -0.3 is 9.88 Å². The van der Waals surface area contributed by atoms with Gasteiger partial charge in [-0.2, -0.15) is 0 Å². The molecule has 0 spiro atoms. The van der Waals surface area contributed by atoms with Crippen LogP contribution in [0.1, 0.15) is 25.2 Å². The van der Waals surface area contributed by atoms with Crippen molar-refractivity contribution in [3.05, 3.63) is 18.2 Å². The monoisotopic (exact) mass is 179 g/mol. The molecule has 0 aliphatic carbocycles. The van der Waals surface area contributed by atoms with Crippen molar-refractivity contribution in [1.29, 1.82) is 0 Å². The van der Waals surface area contributed by atoms with Crippen LogP contribution in [0, 0.1) is 12.8 Å². The number of imidazole rings is 1. The van der Waals surface area contributed by atoms with Crippen LogP contribution in [0.15, 0.2) is 12.4 Å². The molecule has 3 heteroatoms. The van der Waals surface area contributed by atoms with Crippen molar-refractivity contribution >= 4 is 0 Å². The highest BCUT2D eigenvalue weighted by Crippen LogP contribution is 2.24. The van der Waals surface area contributed by atoms with E-state index in [0.29, 0.717) is 6.04 Å². The first-order chi connectivity index (χ1) is 6.29. The zero-order valence-corrected chi connectivity index (χ0v) is 8.33. The molecule has 0 radical (unpaired) electrons. The summed E-state index contributed by atoms with van der Waals surface area (Å²) in [6, 6.07) is 0.594. The second kappa shape index (κ2) is 3.50. The Hall–Kier alpha value is -0.830. The van der Waals surface area contributed by atoms with Gasteiger partial charge in [-0.3, -0.25) is 0 Å². The van der Waals surface area contributed by atoms with Gasteiger partial charge in [0.15, 0.2) is 0 Å². The molecule has 0 amide bonds. The Kier molecular flexibility index (Phi) is 2.36. The van der Waals surface area contributed by atoms with Crippen molar-refractivity contribution < 1.29 is 0 Å². The molecule has 2 heterocycles. The summed E-state index contributed by atoms with van der Waals surface area (Å²) in [4.78, 5) is 4.26. The number of piperidine rings is 1. The molecule has 3 nitrogen and oxygen atoms in total. The van der Waals surface area contributed by atoms with E-state index in [4.69, 9.17) is 0 Å². The maximum absolute atomic E-state index is 4.26. The Morgan fingerprint density at radius 3 is 3.08 bits per heavy atom. The maximum atomic E-state index is 4.26. The molecule has 2 unspecified atom stereocenters. The minimum Gasteiger partial charge on any atom is -0.331 e. The molecule has 1 aromatic heterocycles. The van der Waals surface area contributed by atoms with E-state index in [2.05, 4.69) is 34.9 Å². The van der Waals surface area contributed by atoms with Crippen molar-refractivity contribution in [2.24, 2.45) is 5.92 Å². The number of hydrogen-bond donors (Lipinski definition) is 1. The molecule has 0 aromatic carbocycles. The predicted octanol–water partition coefficient (Wildman–Crippen LogP) is 1.36. The molecule has 13 heavy (non-hydrogen) atoms. The molecule has 2 rings (SSSR count). The zero-order valence-electron chi connectivity index (χ0n) is 8.33. The van der Waals surface area contributed by atoms with Gasteiger partial charge >= 0.3 is 0 Å². The highest BCUT2D eigenvalue weighted by atomic mass is 15.1. The summed E-state index contributed by atoms with van der Waals surface area (Å²) in [6.45, 7) is 6.63. The fourth-order valence-electron chi connectivity index (χ4n) is 2.08. The van der Waals surface area contributed by atoms with Crippen LogP contribution in [0.2, 0.25) is 0 Å². The van der Waals surface area contributed by atoms with Crippen LogP contribution in [0.4, 0.5) is 0 Å². The van der Waals surface area contributed by atoms with Crippen LogP contribution in [0.5, 0.6) is 0 Å². The van der Waals surface area contributed by atoms with Crippen LogP contribution < -0.4 is 5.32 Å². The van der Waals surface area contributed by atoms with Crippen LogP contribution in [0.3, 0.4) is 0 Å². The topological polar surface area (TPSA) is 29.9 Å². The van der Waals surface area contributed by atoms with Crippen LogP contribution in [0.25, 0.3) is 0 Å². The van der Waals surface area contributed by atoms with Crippen molar-refractivity contribution in [3.63, 3.8) is 0 Å². The standard InChI is InChI=1S/C10H17N3/c1-8-3-4-11-7-10(8)13-6-5-12-9(13)2/h5-6,8,10-11H,3-4,7H2,1-2H3. The predicted molar refractivity (Wildman–Crippen MR) is 52.7 cm³/mol. The first-order valence-corrected chi connectivity index (χ1v) is 4.99. The molecule has 72 valence electrons. The minimum absolute atomic E-state index is 0.594. The normalized spacial score (nSPS) is 29.1. The zero-order chi connectivity index (χ0) is 9.26. The summed E-state index contributed by atoms with van der Waals surface area (Å²) >= 11 is 0. The Labute approximate surface area is 79.2 Å². The lowest BCUT2D eigenvalue weighted by Gasteiger charge is -2.31. The molecule has 1 fully saturated rings. The number of hydrogen-bond acceptors (Lipinski definition) is 2. The highest BCUT2D eigenvalue weighted by molar-refractivity contribution is 4.95. The third kappa shape index (κ3) is 1.61. The Morgan fingerprint density at radius 1 is 1.62 bits per heavy atom. The summed E-state index contributed by atoms with van der Waals surface area (Å²) in [5, 5.41) is 3.43. The van der Waals surface area contributed by atoms with E-state index in [1.807, 2.05) is 6.20 Å². The number of nitrogens with zero attached hydrogens (tertiary/aromatic N) is 2. The second-order valence-corrected chi connectivity index (χ2v) is 3.92. The number of rotatable bonds is 1. The van der Waals surface area contributed by atoms with Crippen molar-refractivity contribution in [2.75, 3.05) is 13.1 Å². The van der Waals surface area contributed by atoms with Gasteiger partial charge in [0, 0.05) is 25.0 Å². The molecule has 2 atom stereocenters. The van der Waals surface area contributed by atoms with E-state index in [1.54, 1.807) is 0 Å². The number of nitrogens with one attached hydrogen (secondary N) is 1. The Bertz CT molecular complexity index is 279. The summed E-state index contributed by atoms with van der Waals surface area (Å²) in [5.74, 6) is 1.88. The lowest BCUT2D eigenvalue weighted by Crippen LogP contribution is -2.37. The van der Waals surface area contributed by atoms with Gasteiger partial charge in [-0.25, -0.2) is 4.98 Å². The summed E-state index contributed by atoms with van der Waals surface area (Å²) in [6.07, 6.45) is 5.24. The second-order valence-electron chi connectivity index (χ2n) is 3.92. The van der Waals surface area contributed by atoms with Crippen LogP contribution in [-0.4, -0.2) is 22.6 Å². The highest BCUT2D eigenvalue weighted by Gasteiger charge is 2.22. The maximum Gasteiger partial charge on any atom is 0.105 e. The van der Waals surface area contributed by atoms with E-state index < -0.39 is 0 Å². The molecule has 1 N–H and O–H groups in total. The van der Waals surface area contributed by atoms with E-state index >= 15 is 0 Å². The van der Waals surface area contributed by atoms with Gasteiger partial charge in [0.05, 0.1) is 0 Å². The van der Waals surface area contributed by atoms with E-state index in [-0.39, 0.29) is 0 Å². The first kappa shape index (κ1) is 8.75. The summed E-state index contributed by atoms with van der Waals surface area (Å²) < 4.78 is 2.29. The molecular formula is C10H17N3. The van der Waals surface area contributed by atoms with Gasteiger partial charge in [0.25, 0.3) is 0 Å². The SMILES string of the molecule is Cc1nccn1C1CNCCC1C. The van der Waals surface area contributed by atoms with E-state index in [1.165, 1.54) is 6.42 Å².